The second kappa shape index (κ2) is 9.92. The van der Waals surface area contributed by atoms with Crippen molar-refractivity contribution in [2.45, 2.75) is 56.6 Å². The number of urea groups is 1. The Morgan fingerprint density at radius 2 is 1.79 bits per heavy atom. The maximum Gasteiger partial charge on any atom is 0.410 e. The van der Waals surface area contributed by atoms with Gasteiger partial charge in [0.2, 0.25) is 0 Å². The van der Waals surface area contributed by atoms with Crippen molar-refractivity contribution in [3.05, 3.63) is 17.2 Å². The first-order valence-electron chi connectivity index (χ1n) is 10.7. The summed E-state index contributed by atoms with van der Waals surface area (Å²) < 4.78 is 31.3. The number of amides is 3. The molecule has 13 heteroatoms. The quantitative estimate of drug-likeness (QED) is 0.452. The Morgan fingerprint density at radius 3 is 2.33 bits per heavy atom. The summed E-state index contributed by atoms with van der Waals surface area (Å²) in [6.07, 6.45) is 2.33. The molecular weight excluding hydrogens is 474 g/mol. The van der Waals surface area contributed by atoms with Crippen LogP contribution in [0.3, 0.4) is 0 Å². The number of hydrazine groups is 1. The van der Waals surface area contributed by atoms with Gasteiger partial charge in [0.25, 0.3) is 10.0 Å². The second-order valence-electron chi connectivity index (χ2n) is 9.05. The summed E-state index contributed by atoms with van der Waals surface area (Å²) in [7, 11) is -4.28. The van der Waals surface area contributed by atoms with Crippen LogP contribution in [0.25, 0.3) is 0 Å². The number of nitrogens with one attached hydrogen (secondary N) is 3. The van der Waals surface area contributed by atoms with Gasteiger partial charge in [-0.1, -0.05) is 11.6 Å². The first kappa shape index (κ1) is 25.3. The molecule has 0 unspecified atom stereocenters. The van der Waals surface area contributed by atoms with Crippen LogP contribution in [0.4, 0.5) is 15.3 Å². The Balaban J connectivity index is 1.65. The minimum atomic E-state index is -4.28. The van der Waals surface area contributed by atoms with Gasteiger partial charge in [-0.3, -0.25) is 0 Å². The molecule has 1 aromatic rings. The molecule has 184 valence electrons. The molecule has 3 amide bonds. The molecule has 11 nitrogen and oxygen atoms in total. The van der Waals surface area contributed by atoms with E-state index in [1.54, 1.807) is 20.8 Å². The lowest BCUT2D eigenvalue weighted by molar-refractivity contribution is 0.0126. The average molecular weight is 504 g/mol. The van der Waals surface area contributed by atoms with Crippen LogP contribution in [0.5, 0.6) is 5.75 Å². The number of sulfonamides is 1. The van der Waals surface area contributed by atoms with E-state index < -0.39 is 38.4 Å². The minimum Gasteiger partial charge on any atom is -0.504 e. The number of rotatable bonds is 5. The first-order chi connectivity index (χ1) is 15.4. The average Bonchev–Trinajstić information content (AvgIpc) is 2.66. The summed E-state index contributed by atoms with van der Waals surface area (Å²) in [5, 5.41) is 17.0. The number of piperazine rings is 1. The molecule has 33 heavy (non-hydrogen) atoms. The summed E-state index contributed by atoms with van der Waals surface area (Å²) in [6.45, 7) is 6.22. The predicted molar refractivity (Wildman–Crippen MR) is 123 cm³/mol. The Hall–Kier alpha value is -2.28. The number of phenols is 1. The van der Waals surface area contributed by atoms with Crippen LogP contribution in [0.1, 0.15) is 40.0 Å². The van der Waals surface area contributed by atoms with Crippen LogP contribution in [-0.2, 0) is 14.8 Å². The van der Waals surface area contributed by atoms with Gasteiger partial charge in [-0.15, -0.1) is 4.83 Å². The van der Waals surface area contributed by atoms with Crippen molar-refractivity contribution in [3.8, 4) is 5.75 Å². The summed E-state index contributed by atoms with van der Waals surface area (Å²) in [5.41, 5.74) is -0.705. The third-order valence-corrected chi connectivity index (χ3v) is 7.10. The number of carbonyl (C=O) groups is 2. The van der Waals surface area contributed by atoms with E-state index in [1.807, 2.05) is 0 Å². The van der Waals surface area contributed by atoms with Crippen molar-refractivity contribution in [1.82, 2.24) is 20.1 Å². The van der Waals surface area contributed by atoms with Crippen molar-refractivity contribution in [3.63, 3.8) is 0 Å². The van der Waals surface area contributed by atoms with Gasteiger partial charge in [0.1, 0.15) is 10.5 Å². The maximum absolute atomic E-state index is 13.0. The molecule has 1 saturated heterocycles. The van der Waals surface area contributed by atoms with Crippen LogP contribution in [0.2, 0.25) is 5.02 Å². The molecule has 0 spiro atoms. The van der Waals surface area contributed by atoms with Gasteiger partial charge in [0, 0.05) is 32.2 Å². The van der Waals surface area contributed by atoms with Crippen LogP contribution >= 0.6 is 11.6 Å². The van der Waals surface area contributed by atoms with Gasteiger partial charge in [-0.05, 0) is 52.2 Å². The number of hydrogen-bond acceptors (Lipinski definition) is 7. The number of aromatic hydroxyl groups is 1. The fourth-order valence-corrected chi connectivity index (χ4v) is 5.08. The predicted octanol–water partition coefficient (Wildman–Crippen LogP) is 2.47. The van der Waals surface area contributed by atoms with Crippen molar-refractivity contribution >= 4 is 39.4 Å². The normalized spacial score (nSPS) is 17.9. The molecule has 2 fully saturated rings. The molecule has 0 atom stereocenters. The number of halogens is 1. The Morgan fingerprint density at radius 1 is 1.15 bits per heavy atom. The smallest absolute Gasteiger partial charge is 0.410 e. The standard InChI is InChI=1S/C20H30ClN5O6S/c1-20(2,3)32-19(29)25-9-11-26(12-10-25)24-33(30,31)17-14(21)7-8-15(16(17)27)23-18(28)22-13-5-4-6-13/h7-8,13,24,27H,4-6,9-12H2,1-3H3,(H2,22,23,28). The van der Waals surface area contributed by atoms with Crippen LogP contribution in [-0.4, -0.2) is 73.4 Å². The molecule has 2 aliphatic rings. The van der Waals surface area contributed by atoms with E-state index in [1.165, 1.54) is 22.0 Å². The highest BCUT2D eigenvalue weighted by Crippen LogP contribution is 2.37. The molecule has 1 heterocycles. The maximum atomic E-state index is 13.0. The fraction of sp³-hybridized carbons (Fsp3) is 0.600. The van der Waals surface area contributed by atoms with Gasteiger partial charge in [0.05, 0.1) is 10.7 Å². The summed E-state index contributed by atoms with van der Waals surface area (Å²) in [4.78, 5) is 27.6. The largest absolute Gasteiger partial charge is 0.504 e. The molecule has 0 radical (unpaired) electrons. The topological polar surface area (TPSA) is 140 Å². The van der Waals surface area contributed by atoms with Crippen LogP contribution in [0, 0.1) is 0 Å². The summed E-state index contributed by atoms with van der Waals surface area (Å²) in [5.74, 6) is -0.661. The molecule has 1 aromatic carbocycles. The molecule has 1 aliphatic carbocycles. The summed E-state index contributed by atoms with van der Waals surface area (Å²) >= 11 is 6.09. The van der Waals surface area contributed by atoms with E-state index in [4.69, 9.17) is 16.3 Å². The number of anilines is 1. The first-order valence-corrected chi connectivity index (χ1v) is 12.6. The van der Waals surface area contributed by atoms with Crippen LogP contribution < -0.4 is 15.5 Å². The zero-order valence-electron chi connectivity index (χ0n) is 18.9. The van der Waals surface area contributed by atoms with Gasteiger partial charge in [-0.2, -0.15) is 0 Å². The monoisotopic (exact) mass is 503 g/mol. The van der Waals surface area contributed by atoms with Crippen molar-refractivity contribution < 1.29 is 27.9 Å². The highest BCUT2D eigenvalue weighted by molar-refractivity contribution is 7.89. The lowest BCUT2D eigenvalue weighted by atomic mass is 9.93. The number of hydrogen-bond donors (Lipinski definition) is 4. The Bertz CT molecular complexity index is 1000. The Kier molecular flexibility index (Phi) is 7.62. The molecule has 1 saturated carbocycles. The zero-order valence-corrected chi connectivity index (χ0v) is 20.4. The molecule has 0 aromatic heterocycles. The lowest BCUT2D eigenvalue weighted by Gasteiger charge is -2.35. The number of nitrogens with zero attached hydrogens (tertiary/aromatic N) is 2. The number of carbonyl (C=O) groups excluding carboxylic acids is 2. The number of benzene rings is 1. The second-order valence-corrected chi connectivity index (χ2v) is 11.1. The van der Waals surface area contributed by atoms with E-state index in [9.17, 15) is 23.1 Å². The zero-order chi connectivity index (χ0) is 24.4. The lowest BCUT2D eigenvalue weighted by Crippen LogP contribution is -2.55. The highest BCUT2D eigenvalue weighted by atomic mass is 35.5. The minimum absolute atomic E-state index is 0.0728. The molecule has 1 aliphatic heterocycles. The number of ether oxygens (including phenoxy) is 1. The van der Waals surface area contributed by atoms with Gasteiger partial charge < -0.3 is 25.4 Å². The third kappa shape index (κ3) is 6.62. The van der Waals surface area contributed by atoms with Crippen LogP contribution in [0.15, 0.2) is 17.0 Å². The number of phenolic OH excluding ortho intramolecular Hbond substituents is 1. The van der Waals surface area contributed by atoms with E-state index in [2.05, 4.69) is 15.5 Å². The van der Waals surface area contributed by atoms with Gasteiger partial charge >= 0.3 is 12.1 Å². The third-order valence-electron chi connectivity index (χ3n) is 5.22. The fourth-order valence-electron chi connectivity index (χ4n) is 3.32. The highest BCUT2D eigenvalue weighted by Gasteiger charge is 2.31. The van der Waals surface area contributed by atoms with E-state index >= 15 is 0 Å². The van der Waals surface area contributed by atoms with Gasteiger partial charge in [-0.25, -0.2) is 23.0 Å². The molecular formula is C20H30ClN5O6S. The molecule has 0 bridgehead atoms. The molecule has 3 rings (SSSR count). The van der Waals surface area contributed by atoms with Crippen molar-refractivity contribution in [2.24, 2.45) is 0 Å². The van der Waals surface area contributed by atoms with E-state index in [0.717, 1.165) is 19.3 Å². The van der Waals surface area contributed by atoms with Gasteiger partial charge in [0.15, 0.2) is 5.75 Å². The van der Waals surface area contributed by atoms with Crippen molar-refractivity contribution in [2.75, 3.05) is 31.5 Å². The summed E-state index contributed by atoms with van der Waals surface area (Å²) in [6, 6.07) is 2.15. The Labute approximate surface area is 198 Å². The van der Waals surface area contributed by atoms with E-state index in [-0.39, 0.29) is 42.9 Å². The molecule has 4 N–H and O–H groups in total. The van der Waals surface area contributed by atoms with Crippen molar-refractivity contribution in [1.29, 1.82) is 0 Å². The van der Waals surface area contributed by atoms with E-state index in [0.29, 0.717) is 0 Å². The SMILES string of the molecule is CC(C)(C)OC(=O)N1CCN(NS(=O)(=O)c2c(Cl)ccc(NC(=O)NC3CCC3)c2O)CC1.